The standard InChI is InChI=1S/C7H10N2O3S/c1-3-11-7(10)12-4-6-5(2)8-9-13-6/h3-4H2,1-2H3. The average molecular weight is 202 g/mol. The lowest BCUT2D eigenvalue weighted by molar-refractivity contribution is 0.0542. The number of aryl methyl sites for hydroxylation is 1. The summed E-state index contributed by atoms with van der Waals surface area (Å²) in [6, 6.07) is 0. The summed E-state index contributed by atoms with van der Waals surface area (Å²) in [4.78, 5) is 11.6. The molecule has 1 rings (SSSR count). The van der Waals surface area contributed by atoms with E-state index in [1.807, 2.05) is 6.92 Å². The van der Waals surface area contributed by atoms with Crippen molar-refractivity contribution in [2.45, 2.75) is 20.5 Å². The largest absolute Gasteiger partial charge is 0.508 e. The summed E-state index contributed by atoms with van der Waals surface area (Å²) in [5.74, 6) is 0. The first-order valence-corrected chi connectivity index (χ1v) is 4.58. The quantitative estimate of drug-likeness (QED) is 0.695. The number of hydrogen-bond donors (Lipinski definition) is 0. The van der Waals surface area contributed by atoms with E-state index < -0.39 is 6.16 Å². The molecule has 0 N–H and O–H groups in total. The molecule has 0 unspecified atom stereocenters. The topological polar surface area (TPSA) is 61.3 Å². The number of ether oxygens (including phenoxy) is 2. The molecule has 72 valence electrons. The van der Waals surface area contributed by atoms with Crippen LogP contribution in [0, 0.1) is 6.92 Å². The summed E-state index contributed by atoms with van der Waals surface area (Å²) in [7, 11) is 0. The van der Waals surface area contributed by atoms with Gasteiger partial charge in [0.15, 0.2) is 0 Å². The minimum Gasteiger partial charge on any atom is -0.435 e. The Labute approximate surface area is 79.8 Å². The Kier molecular flexibility index (Phi) is 3.63. The Morgan fingerprint density at radius 2 is 2.31 bits per heavy atom. The fraction of sp³-hybridized carbons (Fsp3) is 0.571. The highest BCUT2D eigenvalue weighted by atomic mass is 32.1. The van der Waals surface area contributed by atoms with E-state index in [-0.39, 0.29) is 6.61 Å². The lowest BCUT2D eigenvalue weighted by atomic mass is 10.4. The zero-order valence-corrected chi connectivity index (χ0v) is 8.26. The molecular weight excluding hydrogens is 192 g/mol. The van der Waals surface area contributed by atoms with Gasteiger partial charge in [0, 0.05) is 0 Å². The normalized spacial score (nSPS) is 9.69. The molecule has 0 aromatic carbocycles. The molecule has 0 fully saturated rings. The Bertz CT molecular complexity index is 287. The first-order valence-electron chi connectivity index (χ1n) is 3.81. The van der Waals surface area contributed by atoms with Crippen molar-refractivity contribution in [3.8, 4) is 0 Å². The maximum atomic E-state index is 10.8. The minimum absolute atomic E-state index is 0.183. The third-order valence-electron chi connectivity index (χ3n) is 1.33. The van der Waals surface area contributed by atoms with Gasteiger partial charge in [-0.05, 0) is 25.4 Å². The molecule has 1 aromatic rings. The highest BCUT2D eigenvalue weighted by Gasteiger charge is 2.07. The van der Waals surface area contributed by atoms with Crippen molar-refractivity contribution in [2.75, 3.05) is 6.61 Å². The van der Waals surface area contributed by atoms with Crippen LogP contribution in [0.25, 0.3) is 0 Å². The average Bonchev–Trinajstić information content (AvgIpc) is 2.48. The van der Waals surface area contributed by atoms with Crippen LogP contribution in [-0.4, -0.2) is 22.3 Å². The third-order valence-corrected chi connectivity index (χ3v) is 2.13. The van der Waals surface area contributed by atoms with Crippen LogP contribution in [0.1, 0.15) is 17.5 Å². The number of carbonyl (C=O) groups excluding carboxylic acids is 1. The van der Waals surface area contributed by atoms with Gasteiger partial charge >= 0.3 is 6.16 Å². The van der Waals surface area contributed by atoms with Crippen molar-refractivity contribution in [3.63, 3.8) is 0 Å². The minimum atomic E-state index is -0.657. The molecule has 0 aliphatic carbocycles. The summed E-state index contributed by atoms with van der Waals surface area (Å²) >= 11 is 1.22. The molecule has 5 nitrogen and oxygen atoms in total. The molecule has 1 heterocycles. The van der Waals surface area contributed by atoms with Gasteiger partial charge < -0.3 is 9.47 Å². The molecule has 0 atom stereocenters. The van der Waals surface area contributed by atoms with Crippen LogP contribution in [-0.2, 0) is 16.1 Å². The zero-order chi connectivity index (χ0) is 9.68. The SMILES string of the molecule is CCOC(=O)OCc1snnc1C. The third kappa shape index (κ3) is 2.98. The second kappa shape index (κ2) is 4.76. The van der Waals surface area contributed by atoms with E-state index in [1.54, 1.807) is 6.92 Å². The van der Waals surface area contributed by atoms with Crippen molar-refractivity contribution < 1.29 is 14.3 Å². The maximum absolute atomic E-state index is 10.8. The van der Waals surface area contributed by atoms with Gasteiger partial charge in [-0.1, -0.05) is 4.49 Å². The van der Waals surface area contributed by atoms with E-state index in [0.717, 1.165) is 10.6 Å². The molecule has 6 heteroatoms. The highest BCUT2D eigenvalue weighted by molar-refractivity contribution is 7.05. The summed E-state index contributed by atoms with van der Waals surface area (Å²) in [5.41, 5.74) is 0.786. The van der Waals surface area contributed by atoms with Gasteiger partial charge in [0.1, 0.15) is 6.61 Å². The highest BCUT2D eigenvalue weighted by Crippen LogP contribution is 2.10. The van der Waals surface area contributed by atoms with Crippen LogP contribution < -0.4 is 0 Å². The second-order valence-corrected chi connectivity index (χ2v) is 3.09. The van der Waals surface area contributed by atoms with Crippen LogP contribution in [0.5, 0.6) is 0 Å². The fourth-order valence-electron chi connectivity index (χ4n) is 0.668. The zero-order valence-electron chi connectivity index (χ0n) is 7.44. The van der Waals surface area contributed by atoms with Crippen molar-refractivity contribution in [1.82, 2.24) is 9.59 Å². The van der Waals surface area contributed by atoms with Crippen LogP contribution in [0.2, 0.25) is 0 Å². The van der Waals surface area contributed by atoms with Crippen LogP contribution in [0.3, 0.4) is 0 Å². The number of aromatic nitrogens is 2. The van der Waals surface area contributed by atoms with Crippen LogP contribution in [0.15, 0.2) is 0 Å². The molecule has 1 aromatic heterocycles. The van der Waals surface area contributed by atoms with E-state index >= 15 is 0 Å². The molecule has 0 amide bonds. The van der Waals surface area contributed by atoms with Crippen molar-refractivity contribution in [2.24, 2.45) is 0 Å². The lowest BCUT2D eigenvalue weighted by Crippen LogP contribution is -2.06. The first-order chi connectivity index (χ1) is 6.24. The van der Waals surface area contributed by atoms with E-state index in [0.29, 0.717) is 6.61 Å². The molecule has 0 bridgehead atoms. The van der Waals surface area contributed by atoms with Gasteiger partial charge in [0.2, 0.25) is 0 Å². The van der Waals surface area contributed by atoms with Crippen LogP contribution >= 0.6 is 11.5 Å². The maximum Gasteiger partial charge on any atom is 0.508 e. The van der Waals surface area contributed by atoms with Gasteiger partial charge in [-0.2, -0.15) is 0 Å². The Morgan fingerprint density at radius 3 is 2.85 bits per heavy atom. The summed E-state index contributed by atoms with van der Waals surface area (Å²) in [5, 5.41) is 3.78. The first kappa shape index (κ1) is 9.91. The molecule has 0 aliphatic rings. The van der Waals surface area contributed by atoms with E-state index in [1.165, 1.54) is 11.5 Å². The molecule has 0 spiro atoms. The molecule has 0 saturated carbocycles. The summed E-state index contributed by atoms with van der Waals surface area (Å²) < 4.78 is 13.1. The molecule has 13 heavy (non-hydrogen) atoms. The number of hydrogen-bond acceptors (Lipinski definition) is 6. The van der Waals surface area contributed by atoms with Gasteiger partial charge in [-0.25, -0.2) is 4.79 Å². The van der Waals surface area contributed by atoms with Crippen molar-refractivity contribution in [1.29, 1.82) is 0 Å². The van der Waals surface area contributed by atoms with Gasteiger partial charge in [0.05, 0.1) is 17.2 Å². The molecule has 0 aliphatic heterocycles. The predicted octanol–water partition coefficient (Wildman–Crippen LogP) is 1.52. The van der Waals surface area contributed by atoms with E-state index in [9.17, 15) is 4.79 Å². The van der Waals surface area contributed by atoms with Crippen LogP contribution in [0.4, 0.5) is 4.79 Å². The van der Waals surface area contributed by atoms with Crippen molar-refractivity contribution in [3.05, 3.63) is 10.6 Å². The molecule has 0 radical (unpaired) electrons. The van der Waals surface area contributed by atoms with Gasteiger partial charge in [-0.3, -0.25) is 0 Å². The van der Waals surface area contributed by atoms with E-state index in [2.05, 4.69) is 14.3 Å². The van der Waals surface area contributed by atoms with Crippen molar-refractivity contribution >= 4 is 17.7 Å². The Hall–Kier alpha value is -1.17. The van der Waals surface area contributed by atoms with E-state index in [4.69, 9.17) is 4.74 Å². The number of carbonyl (C=O) groups is 1. The number of nitrogens with zero attached hydrogens (tertiary/aromatic N) is 2. The summed E-state index contributed by atoms with van der Waals surface area (Å²) in [6.07, 6.45) is -0.657. The second-order valence-electron chi connectivity index (χ2n) is 2.25. The Balaban J connectivity index is 2.35. The van der Waals surface area contributed by atoms with Gasteiger partial charge in [0.25, 0.3) is 0 Å². The fourth-order valence-corrected chi connectivity index (χ4v) is 1.21. The molecule has 0 saturated heterocycles. The lowest BCUT2D eigenvalue weighted by Gasteiger charge is -2.01. The predicted molar refractivity (Wildman–Crippen MR) is 46.5 cm³/mol. The Morgan fingerprint density at radius 1 is 1.54 bits per heavy atom. The monoisotopic (exact) mass is 202 g/mol. The summed E-state index contributed by atoms with van der Waals surface area (Å²) in [6.45, 7) is 4.04. The smallest absolute Gasteiger partial charge is 0.435 e. The van der Waals surface area contributed by atoms with Gasteiger partial charge in [-0.15, -0.1) is 5.10 Å². The number of rotatable bonds is 3. The molecular formula is C7H10N2O3S.